The van der Waals surface area contributed by atoms with Gasteiger partial charge in [0, 0.05) is 25.7 Å². The number of allylic oxidation sites excluding steroid dienone is 1. The Morgan fingerprint density at radius 3 is 2.36 bits per heavy atom. The number of nitrogens with zero attached hydrogens (tertiary/aromatic N) is 2. The first-order valence-electron chi connectivity index (χ1n) is 11.9. The highest BCUT2D eigenvalue weighted by atomic mass is 32.2. The number of carbonyl (C=O) groups excluding carboxylic acids is 1. The lowest BCUT2D eigenvalue weighted by Crippen LogP contribution is -2.16. The molecule has 3 atom stereocenters. The summed E-state index contributed by atoms with van der Waals surface area (Å²) in [5, 5.41) is 2.30. The first kappa shape index (κ1) is 26.2. The number of rotatable bonds is 11. The fourth-order valence-corrected chi connectivity index (χ4v) is 5.72. The van der Waals surface area contributed by atoms with Gasteiger partial charge in [0.2, 0.25) is 5.88 Å². The number of nitrogens with one attached hydrogen (secondary N) is 1. The quantitative estimate of drug-likeness (QED) is 0.353. The average molecular weight is 522 g/mol. The Morgan fingerprint density at radius 1 is 1.08 bits per heavy atom. The summed E-state index contributed by atoms with van der Waals surface area (Å²) in [4.78, 5) is 21.6. The molecule has 1 aromatic carbocycles. The van der Waals surface area contributed by atoms with Crippen molar-refractivity contribution in [1.82, 2.24) is 9.97 Å². The zero-order chi connectivity index (χ0) is 25.7. The number of methoxy groups -OCH3 is 1. The van der Waals surface area contributed by atoms with Crippen LogP contribution in [0, 0.1) is 5.92 Å². The maximum absolute atomic E-state index is 13.8. The van der Waals surface area contributed by atoms with E-state index in [0.29, 0.717) is 43.9 Å². The Labute approximate surface area is 209 Å². The predicted octanol–water partition coefficient (Wildman–Crippen LogP) is 3.94. The lowest BCUT2D eigenvalue weighted by molar-refractivity contribution is -0.111. The van der Waals surface area contributed by atoms with Crippen molar-refractivity contribution in [3.05, 3.63) is 48.3 Å². The van der Waals surface area contributed by atoms with E-state index in [1.165, 1.54) is 36.7 Å². The molecule has 1 N–H and O–H groups in total. The number of amides is 1. The number of halogens is 2. The minimum absolute atomic E-state index is 0.0268. The van der Waals surface area contributed by atoms with Crippen LogP contribution in [0.4, 0.5) is 14.6 Å². The molecule has 11 heteroatoms. The minimum Gasteiger partial charge on any atom is -0.476 e. The summed E-state index contributed by atoms with van der Waals surface area (Å²) in [6.45, 7) is 0.956. The van der Waals surface area contributed by atoms with Gasteiger partial charge in [-0.1, -0.05) is 18.2 Å². The van der Waals surface area contributed by atoms with Crippen LogP contribution >= 0.6 is 0 Å². The second-order valence-corrected chi connectivity index (χ2v) is 11.2. The normalized spacial score (nSPS) is 22.4. The standard InChI is InChI=1S/C25H29F2N3O5S/c1-34-9-2-10-35-24-15-28-23(14-29-24)30-25(31)20(11-16-12-21(26)22(27)13-16)17-3-5-18(6-4-17)36(32,33)19-7-8-19/h3-6,11,14-16,19,21-22H,2,7-10,12-13H2,1H3,(H,28,30,31)/b20-11+/t16-,21+,22-. The number of carbonyl (C=O) groups is 1. The molecule has 0 radical (unpaired) electrons. The molecule has 36 heavy (non-hydrogen) atoms. The lowest BCUT2D eigenvalue weighted by atomic mass is 9.98. The van der Waals surface area contributed by atoms with E-state index in [-0.39, 0.29) is 34.4 Å². The fraction of sp³-hybridized carbons (Fsp3) is 0.480. The van der Waals surface area contributed by atoms with Crippen LogP contribution in [0.3, 0.4) is 0 Å². The molecule has 194 valence electrons. The zero-order valence-electron chi connectivity index (χ0n) is 19.9. The third kappa shape index (κ3) is 6.44. The lowest BCUT2D eigenvalue weighted by Gasteiger charge is -2.13. The average Bonchev–Trinajstić information content (AvgIpc) is 3.68. The largest absolute Gasteiger partial charge is 0.476 e. The van der Waals surface area contributed by atoms with Crippen LogP contribution in [0.2, 0.25) is 0 Å². The van der Waals surface area contributed by atoms with Gasteiger partial charge in [-0.15, -0.1) is 0 Å². The Hall–Kier alpha value is -2.92. The molecule has 0 bridgehead atoms. The molecule has 2 fully saturated rings. The van der Waals surface area contributed by atoms with Gasteiger partial charge >= 0.3 is 0 Å². The topological polar surface area (TPSA) is 107 Å². The third-order valence-electron chi connectivity index (χ3n) is 6.16. The summed E-state index contributed by atoms with van der Waals surface area (Å²) in [6.07, 6.45) is 3.03. The van der Waals surface area contributed by atoms with Gasteiger partial charge in [0.25, 0.3) is 5.91 Å². The predicted molar refractivity (Wildman–Crippen MR) is 130 cm³/mol. The highest BCUT2D eigenvalue weighted by Crippen LogP contribution is 2.36. The van der Waals surface area contributed by atoms with Crippen molar-refractivity contribution in [1.29, 1.82) is 0 Å². The van der Waals surface area contributed by atoms with Gasteiger partial charge < -0.3 is 14.8 Å². The number of benzene rings is 1. The van der Waals surface area contributed by atoms with Crippen molar-refractivity contribution in [2.75, 3.05) is 25.6 Å². The second kappa shape index (κ2) is 11.4. The van der Waals surface area contributed by atoms with Crippen molar-refractivity contribution in [3.8, 4) is 5.88 Å². The highest BCUT2D eigenvalue weighted by molar-refractivity contribution is 7.92. The summed E-state index contributed by atoms with van der Waals surface area (Å²) in [7, 11) is -1.78. The summed E-state index contributed by atoms with van der Waals surface area (Å²) < 4.78 is 63.0. The number of ether oxygens (including phenoxy) is 2. The van der Waals surface area contributed by atoms with Gasteiger partial charge in [-0.3, -0.25) is 4.79 Å². The molecule has 8 nitrogen and oxygen atoms in total. The van der Waals surface area contributed by atoms with Crippen LogP contribution in [-0.2, 0) is 19.4 Å². The number of aromatic nitrogens is 2. The molecular weight excluding hydrogens is 492 g/mol. The summed E-state index contributed by atoms with van der Waals surface area (Å²) in [5.74, 6) is -0.560. The van der Waals surface area contributed by atoms with E-state index in [9.17, 15) is 22.0 Å². The maximum Gasteiger partial charge on any atom is 0.257 e. The second-order valence-electron chi connectivity index (χ2n) is 9.00. The Bertz CT molecular complexity index is 1180. The number of hydrogen-bond donors (Lipinski definition) is 1. The first-order valence-corrected chi connectivity index (χ1v) is 13.4. The smallest absolute Gasteiger partial charge is 0.257 e. The van der Waals surface area contributed by atoms with Crippen molar-refractivity contribution < 1.29 is 31.5 Å². The molecule has 2 aliphatic rings. The monoisotopic (exact) mass is 521 g/mol. The number of sulfone groups is 1. The molecule has 2 saturated carbocycles. The van der Waals surface area contributed by atoms with E-state index in [0.717, 1.165) is 0 Å². The van der Waals surface area contributed by atoms with Crippen LogP contribution in [0.15, 0.2) is 47.6 Å². The van der Waals surface area contributed by atoms with Crippen LogP contribution < -0.4 is 10.1 Å². The molecule has 0 unspecified atom stereocenters. The van der Waals surface area contributed by atoms with Crippen molar-refractivity contribution >= 4 is 27.1 Å². The maximum atomic E-state index is 13.8. The fourth-order valence-electron chi connectivity index (χ4n) is 4.06. The van der Waals surface area contributed by atoms with Gasteiger partial charge in [0.15, 0.2) is 15.7 Å². The molecule has 2 aliphatic carbocycles. The van der Waals surface area contributed by atoms with Gasteiger partial charge in [-0.2, -0.15) is 0 Å². The van der Waals surface area contributed by atoms with Gasteiger partial charge in [0.05, 0.1) is 29.1 Å². The van der Waals surface area contributed by atoms with Gasteiger partial charge in [0.1, 0.15) is 12.3 Å². The molecule has 0 saturated heterocycles. The van der Waals surface area contributed by atoms with Crippen molar-refractivity contribution in [2.24, 2.45) is 5.92 Å². The van der Waals surface area contributed by atoms with E-state index >= 15 is 0 Å². The van der Waals surface area contributed by atoms with E-state index in [2.05, 4.69) is 15.3 Å². The first-order chi connectivity index (χ1) is 17.3. The third-order valence-corrected chi connectivity index (χ3v) is 8.44. The summed E-state index contributed by atoms with van der Waals surface area (Å²) in [5.41, 5.74) is 0.615. The minimum atomic E-state index is -3.38. The van der Waals surface area contributed by atoms with Crippen LogP contribution in [0.25, 0.3) is 5.57 Å². The van der Waals surface area contributed by atoms with Crippen LogP contribution in [-0.4, -0.2) is 62.2 Å². The molecule has 1 aromatic heterocycles. The molecule has 2 aromatic rings. The van der Waals surface area contributed by atoms with Crippen molar-refractivity contribution in [3.63, 3.8) is 0 Å². The van der Waals surface area contributed by atoms with E-state index in [1.54, 1.807) is 13.2 Å². The zero-order valence-corrected chi connectivity index (χ0v) is 20.7. The van der Waals surface area contributed by atoms with Gasteiger partial charge in [-0.05, 0) is 49.3 Å². The summed E-state index contributed by atoms with van der Waals surface area (Å²) in [6, 6.07) is 6.00. The summed E-state index contributed by atoms with van der Waals surface area (Å²) >= 11 is 0. The van der Waals surface area contributed by atoms with Crippen LogP contribution in [0.5, 0.6) is 5.88 Å². The molecular formula is C25H29F2N3O5S. The Balaban J connectivity index is 1.51. The van der Waals surface area contributed by atoms with Crippen molar-refractivity contribution in [2.45, 2.75) is 54.6 Å². The Morgan fingerprint density at radius 2 is 1.78 bits per heavy atom. The highest BCUT2D eigenvalue weighted by Gasteiger charge is 2.37. The number of alkyl halides is 2. The number of anilines is 1. The molecule has 4 rings (SSSR count). The Kier molecular flexibility index (Phi) is 8.30. The molecule has 1 amide bonds. The SMILES string of the molecule is COCCCOc1cnc(NC(=O)/C(=C/[C@H]2C[C@@H](F)[C@@H](F)C2)c2ccc(S(=O)(=O)C3CC3)cc2)cn1. The van der Waals surface area contributed by atoms with E-state index < -0.39 is 34.0 Å². The molecule has 1 heterocycles. The van der Waals surface area contributed by atoms with E-state index in [1.807, 2.05) is 0 Å². The number of hydrogen-bond acceptors (Lipinski definition) is 7. The van der Waals surface area contributed by atoms with Gasteiger partial charge in [-0.25, -0.2) is 27.2 Å². The van der Waals surface area contributed by atoms with Crippen LogP contribution in [0.1, 0.15) is 37.7 Å². The van der Waals surface area contributed by atoms with E-state index in [4.69, 9.17) is 9.47 Å². The molecule has 0 aliphatic heterocycles. The molecule has 0 spiro atoms.